The number of rotatable bonds is 9. The van der Waals surface area contributed by atoms with Crippen molar-refractivity contribution in [3.63, 3.8) is 0 Å². The second kappa shape index (κ2) is 10.6. The Bertz CT molecular complexity index is 954. The van der Waals surface area contributed by atoms with Crippen LogP contribution in [0, 0.1) is 11.7 Å². The summed E-state index contributed by atoms with van der Waals surface area (Å²) in [4.78, 5) is 6.62. The first-order chi connectivity index (χ1) is 15.1. The zero-order valence-electron chi connectivity index (χ0n) is 19.5. The molecule has 1 fully saturated rings. The fourth-order valence-electron chi connectivity index (χ4n) is 4.10. The van der Waals surface area contributed by atoms with Crippen molar-refractivity contribution in [2.75, 3.05) is 62.4 Å². The molecular formula is C24H35FN4O2S. The van der Waals surface area contributed by atoms with E-state index in [2.05, 4.69) is 38.8 Å². The summed E-state index contributed by atoms with van der Waals surface area (Å²) in [6.07, 6.45) is 0. The van der Waals surface area contributed by atoms with Crippen molar-refractivity contribution in [3.05, 3.63) is 59.9 Å². The molecule has 1 atom stereocenters. The highest BCUT2D eigenvalue weighted by Crippen LogP contribution is 2.26. The Morgan fingerprint density at radius 2 is 1.56 bits per heavy atom. The number of nitrogens with zero attached hydrogens (tertiary/aromatic N) is 3. The fourth-order valence-corrected chi connectivity index (χ4v) is 5.51. The maximum Gasteiger partial charge on any atom is 0.211 e. The monoisotopic (exact) mass is 462 g/mol. The summed E-state index contributed by atoms with van der Waals surface area (Å²) in [5.41, 5.74) is 3.21. The maximum atomic E-state index is 13.3. The van der Waals surface area contributed by atoms with Crippen molar-refractivity contribution in [2.24, 2.45) is 5.92 Å². The van der Waals surface area contributed by atoms with E-state index >= 15 is 0 Å². The number of piperazine rings is 1. The van der Waals surface area contributed by atoms with Gasteiger partial charge in [0.1, 0.15) is 5.82 Å². The first kappa shape index (κ1) is 24.5. The predicted molar refractivity (Wildman–Crippen MR) is 130 cm³/mol. The highest BCUT2D eigenvalue weighted by atomic mass is 32.2. The van der Waals surface area contributed by atoms with Crippen LogP contribution in [0.2, 0.25) is 0 Å². The second-order valence-corrected chi connectivity index (χ2v) is 10.9. The lowest BCUT2D eigenvalue weighted by molar-refractivity contribution is 0.187. The normalized spacial score (nSPS) is 16.4. The van der Waals surface area contributed by atoms with Crippen LogP contribution in [0.1, 0.15) is 25.5 Å². The van der Waals surface area contributed by atoms with Crippen molar-refractivity contribution in [1.29, 1.82) is 0 Å². The molecule has 0 bridgehead atoms. The van der Waals surface area contributed by atoms with E-state index in [1.807, 2.05) is 45.0 Å². The van der Waals surface area contributed by atoms with Crippen LogP contribution in [0.15, 0.2) is 48.5 Å². The molecule has 1 aliphatic rings. The lowest BCUT2D eigenvalue weighted by atomic mass is 10.0. The topological polar surface area (TPSA) is 55.9 Å². The highest BCUT2D eigenvalue weighted by molar-refractivity contribution is 7.89. The van der Waals surface area contributed by atoms with Crippen molar-refractivity contribution >= 4 is 21.4 Å². The van der Waals surface area contributed by atoms with Crippen LogP contribution >= 0.6 is 0 Å². The molecule has 0 spiro atoms. The average molecular weight is 463 g/mol. The molecule has 1 N–H and O–H groups in total. The molecule has 0 radical (unpaired) electrons. The van der Waals surface area contributed by atoms with Crippen molar-refractivity contribution in [3.8, 4) is 0 Å². The van der Waals surface area contributed by atoms with Crippen LogP contribution in [0.4, 0.5) is 15.8 Å². The van der Waals surface area contributed by atoms with Crippen LogP contribution in [-0.4, -0.2) is 65.9 Å². The van der Waals surface area contributed by atoms with E-state index in [9.17, 15) is 12.8 Å². The molecule has 176 valence electrons. The minimum absolute atomic E-state index is 0.0523. The Morgan fingerprint density at radius 3 is 2.09 bits per heavy atom. The summed E-state index contributed by atoms with van der Waals surface area (Å²) in [5.74, 6) is -0.0376. The molecule has 32 heavy (non-hydrogen) atoms. The van der Waals surface area contributed by atoms with Gasteiger partial charge in [-0.15, -0.1) is 0 Å². The van der Waals surface area contributed by atoms with Crippen molar-refractivity contribution in [1.82, 2.24) is 9.62 Å². The first-order valence-electron chi connectivity index (χ1n) is 11.1. The molecule has 0 amide bonds. The van der Waals surface area contributed by atoms with Crippen LogP contribution < -0.4 is 14.5 Å². The van der Waals surface area contributed by atoms with Crippen LogP contribution in [-0.2, 0) is 10.0 Å². The van der Waals surface area contributed by atoms with Gasteiger partial charge < -0.3 is 9.80 Å². The first-order valence-corrected chi connectivity index (χ1v) is 12.8. The van der Waals surface area contributed by atoms with Gasteiger partial charge >= 0.3 is 0 Å². The van der Waals surface area contributed by atoms with Crippen molar-refractivity contribution in [2.45, 2.75) is 19.9 Å². The smallest absolute Gasteiger partial charge is 0.211 e. The van der Waals surface area contributed by atoms with Gasteiger partial charge in [0, 0.05) is 64.2 Å². The quantitative estimate of drug-likeness (QED) is 0.620. The van der Waals surface area contributed by atoms with Gasteiger partial charge in [-0.2, -0.15) is 0 Å². The number of hydrogen-bond acceptors (Lipinski definition) is 5. The summed E-state index contributed by atoms with van der Waals surface area (Å²) in [6.45, 7) is 7.35. The average Bonchev–Trinajstić information content (AvgIpc) is 2.74. The summed E-state index contributed by atoms with van der Waals surface area (Å²) in [6, 6.07) is 14.8. The zero-order chi connectivity index (χ0) is 23.3. The molecule has 3 rings (SSSR count). The molecule has 0 aromatic heterocycles. The Labute approximate surface area is 192 Å². The van der Waals surface area contributed by atoms with Gasteiger partial charge in [-0.3, -0.25) is 4.90 Å². The Hall–Kier alpha value is -2.16. The summed E-state index contributed by atoms with van der Waals surface area (Å²) in [5, 5.41) is 0. The highest BCUT2D eigenvalue weighted by Gasteiger charge is 2.27. The van der Waals surface area contributed by atoms with Gasteiger partial charge in [0.05, 0.1) is 5.75 Å². The largest absolute Gasteiger partial charge is 0.378 e. The summed E-state index contributed by atoms with van der Waals surface area (Å²) < 4.78 is 41.1. The molecule has 1 saturated heterocycles. The second-order valence-electron chi connectivity index (χ2n) is 9.02. The van der Waals surface area contributed by atoms with E-state index in [4.69, 9.17) is 0 Å². The van der Waals surface area contributed by atoms with Crippen LogP contribution in [0.5, 0.6) is 0 Å². The lowest BCUT2D eigenvalue weighted by Crippen LogP contribution is -2.50. The number of halogens is 1. The molecule has 1 aliphatic heterocycles. The Kier molecular flexibility index (Phi) is 8.14. The molecule has 2 aromatic carbocycles. The van der Waals surface area contributed by atoms with Crippen LogP contribution in [0.25, 0.3) is 0 Å². The van der Waals surface area contributed by atoms with E-state index in [-0.39, 0.29) is 23.5 Å². The van der Waals surface area contributed by atoms with Crippen LogP contribution in [0.3, 0.4) is 0 Å². The predicted octanol–water partition coefficient (Wildman–Crippen LogP) is 3.33. The van der Waals surface area contributed by atoms with E-state index in [1.54, 1.807) is 0 Å². The van der Waals surface area contributed by atoms with Gasteiger partial charge in [-0.1, -0.05) is 26.0 Å². The molecule has 2 aromatic rings. The van der Waals surface area contributed by atoms with E-state index < -0.39 is 10.0 Å². The molecule has 1 unspecified atom stereocenters. The number of anilines is 2. The standard InChI is InChI=1S/C24H35FN4O2S/c1-19(2)18-32(30,31)26-17-24(20-5-9-22(10-6-20)27(3)4)29-15-13-28(14-16-29)23-11-7-21(25)8-12-23/h5-12,19,24,26H,13-18H2,1-4H3. The number of sulfonamides is 1. The minimum atomic E-state index is -3.33. The van der Waals surface area contributed by atoms with Gasteiger partial charge in [-0.05, 0) is 47.9 Å². The van der Waals surface area contributed by atoms with Gasteiger partial charge in [-0.25, -0.2) is 17.5 Å². The Morgan fingerprint density at radius 1 is 0.969 bits per heavy atom. The third-order valence-electron chi connectivity index (χ3n) is 5.79. The van der Waals surface area contributed by atoms with Gasteiger partial charge in [0.15, 0.2) is 0 Å². The molecular weight excluding hydrogens is 427 g/mol. The van der Waals surface area contributed by atoms with E-state index in [1.165, 1.54) is 12.1 Å². The molecule has 0 saturated carbocycles. The third kappa shape index (κ3) is 6.67. The maximum absolute atomic E-state index is 13.3. The fraction of sp³-hybridized carbons (Fsp3) is 0.500. The Balaban J connectivity index is 1.74. The summed E-state index contributed by atoms with van der Waals surface area (Å²) >= 11 is 0. The number of hydrogen-bond donors (Lipinski definition) is 1. The SMILES string of the molecule is CC(C)CS(=O)(=O)NCC(c1ccc(N(C)C)cc1)N1CCN(c2ccc(F)cc2)CC1. The summed E-state index contributed by atoms with van der Waals surface area (Å²) in [7, 11) is 0.670. The number of benzene rings is 2. The van der Waals surface area contributed by atoms with Crippen molar-refractivity contribution < 1.29 is 12.8 Å². The molecule has 0 aliphatic carbocycles. The molecule has 6 nitrogen and oxygen atoms in total. The minimum Gasteiger partial charge on any atom is -0.378 e. The lowest BCUT2D eigenvalue weighted by Gasteiger charge is -2.40. The van der Waals surface area contributed by atoms with E-state index in [0.29, 0.717) is 6.54 Å². The molecule has 8 heteroatoms. The molecule has 1 heterocycles. The number of nitrogens with one attached hydrogen (secondary N) is 1. The van der Waals surface area contributed by atoms with E-state index in [0.717, 1.165) is 43.1 Å². The van der Waals surface area contributed by atoms with Gasteiger partial charge in [0.25, 0.3) is 0 Å². The zero-order valence-corrected chi connectivity index (χ0v) is 20.3. The third-order valence-corrected chi connectivity index (χ3v) is 7.50. The van der Waals surface area contributed by atoms with Gasteiger partial charge in [0.2, 0.25) is 10.0 Å².